The fourth-order valence-electron chi connectivity index (χ4n) is 5.11. The van der Waals surface area contributed by atoms with Crippen molar-refractivity contribution in [3.63, 3.8) is 0 Å². The molecule has 88 heavy (non-hydrogen) atoms. The third-order valence-corrected chi connectivity index (χ3v) is 22.5. The van der Waals surface area contributed by atoms with Gasteiger partial charge in [0, 0.05) is 24.0 Å². The van der Waals surface area contributed by atoms with Gasteiger partial charge in [0.05, 0.1) is 82.1 Å². The van der Waals surface area contributed by atoms with Gasteiger partial charge >= 0.3 is 0 Å². The number of nitrogens with one attached hydrogen (secondary N) is 1. The molecule has 48 nitrogen and oxygen atoms in total. The fourth-order valence-corrected chi connectivity index (χ4v) is 16.6. The Labute approximate surface area is 506 Å². The summed E-state index contributed by atoms with van der Waals surface area (Å²) in [6.45, 7) is -3.11. The molecule has 0 spiro atoms. The SMILES string of the molecule is C.C.C.[3H]N=P.[B]C1C=CC(COP(=O)([O-])OP(=O)([O-])OP(=O)([O-])[O-])O1.[B]C1CC(O)C(COP(=O)([O-])OP(=O)([O-])OP(=O)([O-])[O-])O1.[B]C1CCC(COP(=O)([O-])OP(=O)([O-])OP(=O)([O-])[O-])O1.[B]C1OC(COP(=O)([O-])OP(=O)([O-])OP(=O)([O-])[O-])C(O)C1O. The first-order chi connectivity index (χ1) is 38.2. The number of aliphatic hydroxyl groups is 3. The number of hydrogen-bond acceptors (Lipinski definition) is 48. The predicted octanol–water partition coefficient (Wildman–Crippen LogP) is -10.6. The lowest BCUT2D eigenvalue weighted by atomic mass is 9.93. The van der Waals surface area contributed by atoms with Crippen molar-refractivity contribution in [2.75, 3.05) is 26.4 Å². The molecule has 4 N–H and O–H groups in total. The molecule has 0 aromatic heterocycles. The second-order valence-electron chi connectivity index (χ2n) is 14.7. The molecule has 19 atom stereocenters. The number of ether oxygens (including phenoxy) is 4. The van der Waals surface area contributed by atoms with Gasteiger partial charge in [-0.25, -0.2) is 17.2 Å². The molecule has 0 aromatic carbocycles. The quantitative estimate of drug-likeness (QED) is 0.0321. The molecule has 0 bridgehead atoms. The van der Waals surface area contributed by atoms with E-state index in [1.807, 2.05) is 0 Å². The molecule has 0 aliphatic carbocycles. The first-order valence-corrected chi connectivity index (χ1v) is 38.2. The van der Waals surface area contributed by atoms with Gasteiger partial charge in [-0.1, -0.05) is 34.4 Å². The Kier molecular flexibility index (Phi) is 41.7. The van der Waals surface area contributed by atoms with Crippen LogP contribution in [0.2, 0.25) is 1.41 Å². The van der Waals surface area contributed by atoms with Gasteiger partial charge in [-0.05, 0) is 28.3 Å². The highest BCUT2D eigenvalue weighted by Gasteiger charge is 2.41. The molecule has 4 aliphatic rings. The van der Waals surface area contributed by atoms with Crippen LogP contribution in [0.1, 0.15) is 41.5 Å². The van der Waals surface area contributed by atoms with Crippen LogP contribution >= 0.6 is 103 Å². The lowest BCUT2D eigenvalue weighted by molar-refractivity contribution is -0.342. The minimum absolute atomic E-state index is 0. The normalized spacial score (nSPS) is 30.0. The van der Waals surface area contributed by atoms with E-state index in [2.05, 4.69) is 66.8 Å². The van der Waals surface area contributed by atoms with Gasteiger partial charge in [-0.15, -0.1) is 0 Å². The van der Waals surface area contributed by atoms with E-state index in [4.69, 9.17) is 51.7 Å². The summed E-state index contributed by atoms with van der Waals surface area (Å²) in [6, 6.07) is -3.55. The van der Waals surface area contributed by atoms with Crippen LogP contribution in [-0.2, 0) is 126 Å². The molecule has 8 radical (unpaired) electrons. The smallest absolute Gasteiger partial charge is 0.278 e. The van der Waals surface area contributed by atoms with E-state index in [0.29, 0.717) is 12.8 Å². The summed E-state index contributed by atoms with van der Waals surface area (Å²) in [6.07, 6.45) is -4.92. The largest absolute Gasteiger partial charge is 0.790 e. The van der Waals surface area contributed by atoms with Crippen molar-refractivity contribution in [2.45, 2.75) is 108 Å². The standard InChI is InChI=1S/C5H12BO13P3.C5H12BO12P3.C5H12BO11P3.C5H10BO11P3.3CH4.H2NP/c6-5-4(8)3(7)2(17-5)1-16-21(12,13)19-22(14,15)18-20(9,10)11;6-5-1-3(7)4(16-5)2-15-20(11,12)18-21(13,14)17-19(8,9)10;2*6-5-2-1-4(15-5)3-14-19(10,11)17-20(12,13)16-18(7,8)9;;;;1-2/h2-5,7-8H,1H2,(H,12,13)(H,14,15)(H2,9,10,11);3-5,7H,1-2H2,(H,11,12)(H,13,14)(H2,8,9,10);4-5H,1-3H2,(H,10,11)(H,12,13)(H2,7,8,9);1-2,4-5H,3H2,(H,10,11)(H,12,13)(H2,7,8,9);3*1H4;1-2H/p-16/i/hT. The van der Waals surface area contributed by atoms with E-state index in [1.54, 1.807) is 0 Å². The highest BCUT2D eigenvalue weighted by molar-refractivity contribution is 7.66. The van der Waals surface area contributed by atoms with E-state index in [-0.39, 0.29) is 28.7 Å². The molecule has 3 saturated heterocycles. The van der Waals surface area contributed by atoms with Crippen LogP contribution in [0.15, 0.2) is 12.2 Å². The third kappa shape index (κ3) is 45.8. The fraction of sp³-hybridized carbons (Fsp3) is 0.913. The zero-order valence-electron chi connectivity index (χ0n) is 41.4. The van der Waals surface area contributed by atoms with Crippen molar-refractivity contribution < 1.29 is 221 Å². The summed E-state index contributed by atoms with van der Waals surface area (Å²) in [5.74, 6) is 0. The van der Waals surface area contributed by atoms with E-state index in [0.717, 1.165) is 0 Å². The molecule has 4 heterocycles. The first kappa shape index (κ1) is 93.6. The van der Waals surface area contributed by atoms with Crippen LogP contribution in [0.25, 0.3) is 0 Å². The third-order valence-electron chi connectivity index (χ3n) is 7.85. The molecule has 19 unspecified atom stereocenters. The van der Waals surface area contributed by atoms with E-state index < -0.39 is 187 Å². The van der Waals surface area contributed by atoms with Crippen molar-refractivity contribution in [3.05, 3.63) is 12.2 Å². The molecule has 0 saturated carbocycles. The van der Waals surface area contributed by atoms with Crippen molar-refractivity contribution in [1.82, 2.24) is 0 Å². The summed E-state index contributed by atoms with van der Waals surface area (Å²) in [7, 11) is -46.5. The minimum Gasteiger partial charge on any atom is -0.790 e. The predicted molar refractivity (Wildman–Crippen MR) is 254 cm³/mol. The summed E-state index contributed by atoms with van der Waals surface area (Å²) in [5, 5.41) is 30.5. The van der Waals surface area contributed by atoms with Gasteiger partial charge < -0.3 is 149 Å². The Morgan fingerprint density at radius 3 is 1.03 bits per heavy atom. The molecule has 65 heteroatoms. The first-order valence-electron chi connectivity index (χ1n) is 20.7. The summed E-state index contributed by atoms with van der Waals surface area (Å²) >= 11 is 0. The zero-order valence-corrected chi connectivity index (χ0v) is 52.1. The Hall–Kier alpha value is 1.46. The van der Waals surface area contributed by atoms with Gasteiger partial charge in [-0.2, -0.15) is 0 Å². The average Bonchev–Trinajstić information content (AvgIpc) is 4.19. The molecule has 0 aromatic rings. The Bertz CT molecular complexity index is 2820. The highest BCUT2D eigenvalue weighted by atomic mass is 31.3. The number of aliphatic hydroxyl groups excluding tert-OH is 3. The van der Waals surface area contributed by atoms with Crippen LogP contribution in [0.4, 0.5) is 0 Å². The maximum atomic E-state index is 11.2. The van der Waals surface area contributed by atoms with Crippen molar-refractivity contribution in [2.24, 2.45) is 0 Å². The Morgan fingerprint density at radius 2 is 0.773 bits per heavy atom. The van der Waals surface area contributed by atoms with Crippen molar-refractivity contribution >= 4 is 134 Å². The minimum atomic E-state index is -6.07. The molecule has 4 aliphatic heterocycles. The van der Waals surface area contributed by atoms with E-state index >= 15 is 0 Å². The van der Waals surface area contributed by atoms with E-state index in [1.165, 1.54) is 12.2 Å². The molecule has 4 rings (SSSR count). The summed E-state index contributed by atoms with van der Waals surface area (Å²) in [5.41, 5.74) is 0. The highest BCUT2D eigenvalue weighted by Crippen LogP contribution is 2.63. The molecule has 516 valence electrons. The number of phosphoric acid groups is 12. The molecular weight excluding hydrogens is 1490 g/mol. The number of rotatable bonds is 28. The Morgan fingerprint density at radius 1 is 0.443 bits per heavy atom. The Balaban J connectivity index is -0.000000527. The van der Waals surface area contributed by atoms with Crippen molar-refractivity contribution in [1.29, 1.82) is 5.15 Å². The van der Waals surface area contributed by atoms with Gasteiger partial charge in [0.2, 0.25) is 0 Å². The van der Waals surface area contributed by atoms with Crippen molar-refractivity contribution in [3.8, 4) is 0 Å². The van der Waals surface area contributed by atoms with Crippen LogP contribution < -0.4 is 78.3 Å². The molecule has 3 fully saturated rings. The number of phosphoric ester groups is 4. The van der Waals surface area contributed by atoms with Gasteiger partial charge in [0.25, 0.3) is 62.6 Å². The topological polar surface area (TPSA) is 806 Å². The lowest BCUT2D eigenvalue weighted by Crippen LogP contribution is -2.34. The van der Waals surface area contributed by atoms with Crippen LogP contribution in [0.5, 0.6) is 0 Å². The van der Waals surface area contributed by atoms with Gasteiger partial charge in [0.1, 0.15) is 49.7 Å². The lowest BCUT2D eigenvalue weighted by Gasteiger charge is -2.37. The molecule has 0 amide bonds. The van der Waals surface area contributed by atoms with Crippen LogP contribution in [0.3, 0.4) is 0 Å². The van der Waals surface area contributed by atoms with Gasteiger partial charge in [-0.3, -0.25) is 58.9 Å². The summed E-state index contributed by atoms with van der Waals surface area (Å²) < 4.78 is 195. The second kappa shape index (κ2) is 39.2. The van der Waals surface area contributed by atoms with Crippen LogP contribution in [-0.4, -0.2) is 140 Å². The van der Waals surface area contributed by atoms with Gasteiger partial charge in [0.15, 0.2) is 1.41 Å². The maximum Gasteiger partial charge on any atom is 0.278 e. The average molecular weight is 1530 g/mol. The monoisotopic (exact) mass is 1530 g/mol. The second-order valence-corrected chi connectivity index (χ2v) is 31.7. The number of hydrogen-bond donors (Lipinski definition) is 4. The van der Waals surface area contributed by atoms with Crippen LogP contribution in [0, 0.1) is 5.15 Å². The summed E-state index contributed by atoms with van der Waals surface area (Å²) in [4.78, 5) is 168. The zero-order chi connectivity index (χ0) is 67.7. The van der Waals surface area contributed by atoms with E-state index in [9.17, 15) is 148 Å². The molecular formula is C23H44B4NO47P13-16. The maximum absolute atomic E-state index is 11.2.